The molecule has 3 rings (SSSR count). The van der Waals surface area contributed by atoms with Gasteiger partial charge in [-0.05, 0) is 31.1 Å². The minimum atomic E-state index is -1.21. The van der Waals surface area contributed by atoms with E-state index in [-0.39, 0.29) is 30.5 Å². The Morgan fingerprint density at radius 1 is 0.941 bits per heavy atom. The minimum Gasteiger partial charge on any atom is -0.431 e. The van der Waals surface area contributed by atoms with Gasteiger partial charge in [0.25, 0.3) is 0 Å². The lowest BCUT2D eigenvalue weighted by atomic mass is 10.2. The molecule has 1 unspecified atom stereocenters. The maximum Gasteiger partial charge on any atom is 0.509 e. The van der Waals surface area contributed by atoms with E-state index in [9.17, 15) is 14.4 Å². The van der Waals surface area contributed by atoms with E-state index in [1.807, 2.05) is 0 Å². The topological polar surface area (TPSA) is 69.7 Å². The molecule has 3 saturated carbocycles. The fourth-order valence-electron chi connectivity index (χ4n) is 2.84. The smallest absolute Gasteiger partial charge is 0.431 e. The molecule has 5 nitrogen and oxygen atoms in total. The van der Waals surface area contributed by atoms with Crippen LogP contribution in [0.4, 0.5) is 4.79 Å². The van der Waals surface area contributed by atoms with E-state index in [2.05, 4.69) is 0 Å². The third kappa shape index (κ3) is 2.06. The van der Waals surface area contributed by atoms with Gasteiger partial charge in [-0.2, -0.15) is 0 Å². The predicted molar refractivity (Wildman–Crippen MR) is 55.2 cm³/mol. The molecule has 0 heterocycles. The Morgan fingerprint density at radius 3 is 2.12 bits per heavy atom. The number of fused-ring (bicyclic) bond motifs is 1. The SMILES string of the molecule is O=C(OC1C[C@@H]2C[C@@H]2C1)OC1C(=O)CCC1=O. The number of Topliss-reactive ketones (excluding diaryl/α,β-unsaturated/α-hetero) is 2. The van der Waals surface area contributed by atoms with Gasteiger partial charge in [0.15, 0.2) is 11.6 Å². The van der Waals surface area contributed by atoms with Gasteiger partial charge in [0.1, 0.15) is 6.10 Å². The highest BCUT2D eigenvalue weighted by Gasteiger charge is 2.47. The lowest BCUT2D eigenvalue weighted by Gasteiger charge is -2.15. The van der Waals surface area contributed by atoms with Crippen LogP contribution in [0.25, 0.3) is 0 Å². The van der Waals surface area contributed by atoms with Gasteiger partial charge in [0.2, 0.25) is 6.10 Å². The second-order valence-electron chi connectivity index (χ2n) is 5.15. The largest absolute Gasteiger partial charge is 0.509 e. The van der Waals surface area contributed by atoms with Crippen molar-refractivity contribution in [3.8, 4) is 0 Å². The van der Waals surface area contributed by atoms with Gasteiger partial charge in [0.05, 0.1) is 0 Å². The number of ether oxygens (including phenoxy) is 2. The highest BCUT2D eigenvalue weighted by Crippen LogP contribution is 2.52. The maximum atomic E-state index is 11.4. The fraction of sp³-hybridized carbons (Fsp3) is 0.750. The second kappa shape index (κ2) is 3.82. The molecule has 0 aromatic carbocycles. The van der Waals surface area contributed by atoms with Crippen LogP contribution in [0.5, 0.6) is 0 Å². The summed E-state index contributed by atoms with van der Waals surface area (Å²) in [5.41, 5.74) is 0. The molecule has 0 radical (unpaired) electrons. The van der Waals surface area contributed by atoms with E-state index in [4.69, 9.17) is 9.47 Å². The molecule has 0 aromatic heterocycles. The van der Waals surface area contributed by atoms with Crippen LogP contribution in [-0.4, -0.2) is 29.9 Å². The number of hydrogen-bond donors (Lipinski definition) is 0. The number of rotatable bonds is 2. The van der Waals surface area contributed by atoms with Crippen molar-refractivity contribution in [2.45, 2.75) is 44.3 Å². The van der Waals surface area contributed by atoms with Crippen LogP contribution in [0.1, 0.15) is 32.1 Å². The molecular weight excluding hydrogens is 224 g/mol. The number of carbonyl (C=O) groups is 3. The summed E-state index contributed by atoms with van der Waals surface area (Å²) in [5.74, 6) is 0.785. The zero-order valence-electron chi connectivity index (χ0n) is 9.39. The molecule has 0 aliphatic heterocycles. The Morgan fingerprint density at radius 2 is 1.53 bits per heavy atom. The summed E-state index contributed by atoms with van der Waals surface area (Å²) in [6, 6.07) is 0. The Bertz CT molecular complexity index is 362. The van der Waals surface area contributed by atoms with Crippen molar-refractivity contribution >= 4 is 17.7 Å². The summed E-state index contributed by atoms with van der Waals surface area (Å²) in [5, 5.41) is 0. The lowest BCUT2D eigenvalue weighted by molar-refractivity contribution is -0.135. The third-order valence-corrected chi connectivity index (χ3v) is 3.88. The van der Waals surface area contributed by atoms with E-state index in [0.717, 1.165) is 12.8 Å². The third-order valence-electron chi connectivity index (χ3n) is 3.88. The fourth-order valence-corrected chi connectivity index (χ4v) is 2.84. The number of ketones is 2. The van der Waals surface area contributed by atoms with Crippen LogP contribution in [0.15, 0.2) is 0 Å². The average molecular weight is 238 g/mol. The quantitative estimate of drug-likeness (QED) is 0.534. The molecule has 0 N–H and O–H groups in total. The van der Waals surface area contributed by atoms with E-state index in [0.29, 0.717) is 11.8 Å². The Labute approximate surface area is 98.4 Å². The van der Waals surface area contributed by atoms with Crippen molar-refractivity contribution in [3.05, 3.63) is 0 Å². The Hall–Kier alpha value is -1.39. The average Bonchev–Trinajstić information content (AvgIpc) is 2.78. The van der Waals surface area contributed by atoms with Crippen molar-refractivity contribution in [1.29, 1.82) is 0 Å². The zero-order valence-corrected chi connectivity index (χ0v) is 9.39. The first-order valence-electron chi connectivity index (χ1n) is 6.06. The van der Waals surface area contributed by atoms with E-state index in [1.165, 1.54) is 6.42 Å². The highest BCUT2D eigenvalue weighted by molar-refractivity contribution is 6.12. The molecule has 0 bridgehead atoms. The van der Waals surface area contributed by atoms with Crippen molar-refractivity contribution in [2.75, 3.05) is 0 Å². The van der Waals surface area contributed by atoms with Gasteiger partial charge < -0.3 is 9.47 Å². The zero-order chi connectivity index (χ0) is 12.0. The van der Waals surface area contributed by atoms with Crippen molar-refractivity contribution < 1.29 is 23.9 Å². The monoisotopic (exact) mass is 238 g/mol. The first-order valence-corrected chi connectivity index (χ1v) is 6.06. The van der Waals surface area contributed by atoms with Crippen LogP contribution in [-0.2, 0) is 19.1 Å². The van der Waals surface area contributed by atoms with E-state index >= 15 is 0 Å². The molecule has 5 heteroatoms. The summed E-state index contributed by atoms with van der Waals surface area (Å²) in [4.78, 5) is 33.9. The van der Waals surface area contributed by atoms with Crippen molar-refractivity contribution in [2.24, 2.45) is 11.8 Å². The van der Waals surface area contributed by atoms with Crippen LogP contribution < -0.4 is 0 Å². The summed E-state index contributed by atoms with van der Waals surface area (Å²) < 4.78 is 9.89. The second-order valence-corrected chi connectivity index (χ2v) is 5.15. The molecule has 3 fully saturated rings. The summed E-state index contributed by atoms with van der Waals surface area (Å²) >= 11 is 0. The van der Waals surface area contributed by atoms with Crippen LogP contribution in [0.2, 0.25) is 0 Å². The molecule has 3 atom stereocenters. The van der Waals surface area contributed by atoms with Gasteiger partial charge in [-0.3, -0.25) is 9.59 Å². The highest BCUT2D eigenvalue weighted by atomic mass is 16.7. The lowest BCUT2D eigenvalue weighted by Crippen LogP contribution is -2.30. The van der Waals surface area contributed by atoms with Crippen LogP contribution in [0, 0.1) is 11.8 Å². The van der Waals surface area contributed by atoms with Gasteiger partial charge in [-0.1, -0.05) is 0 Å². The molecular formula is C12H14O5. The molecule has 0 saturated heterocycles. The molecule has 0 spiro atoms. The Kier molecular flexibility index (Phi) is 2.42. The summed E-state index contributed by atoms with van der Waals surface area (Å²) in [6.07, 6.45) is 1.21. The van der Waals surface area contributed by atoms with Gasteiger partial charge in [0, 0.05) is 12.8 Å². The first kappa shape index (κ1) is 10.7. The standard InChI is InChI=1S/C12H14O5/c13-9-1-2-10(14)11(9)17-12(15)16-8-4-6-3-7(6)5-8/h6-8,11H,1-5H2/t6-,7+,8?. The number of carbonyl (C=O) groups excluding carboxylic acids is 3. The first-order chi connectivity index (χ1) is 8.13. The van der Waals surface area contributed by atoms with Gasteiger partial charge in [-0.25, -0.2) is 4.79 Å². The summed E-state index contributed by atoms with van der Waals surface area (Å²) in [6.45, 7) is 0. The molecule has 3 aliphatic rings. The Balaban J connectivity index is 1.49. The van der Waals surface area contributed by atoms with Crippen molar-refractivity contribution in [1.82, 2.24) is 0 Å². The molecule has 92 valence electrons. The number of hydrogen-bond acceptors (Lipinski definition) is 5. The normalized spacial score (nSPS) is 35.9. The van der Waals surface area contributed by atoms with E-state index in [1.54, 1.807) is 0 Å². The minimum absolute atomic E-state index is 0.0853. The van der Waals surface area contributed by atoms with Crippen LogP contribution in [0.3, 0.4) is 0 Å². The molecule has 0 aromatic rings. The maximum absolute atomic E-state index is 11.4. The molecule has 17 heavy (non-hydrogen) atoms. The summed E-state index contributed by atoms with van der Waals surface area (Å²) in [7, 11) is 0. The predicted octanol–water partition coefficient (Wildman–Crippen LogP) is 1.24. The molecule has 0 amide bonds. The van der Waals surface area contributed by atoms with Gasteiger partial charge >= 0.3 is 6.16 Å². The van der Waals surface area contributed by atoms with Crippen molar-refractivity contribution in [3.63, 3.8) is 0 Å². The van der Waals surface area contributed by atoms with E-state index < -0.39 is 12.3 Å². The van der Waals surface area contributed by atoms with Crippen LogP contribution >= 0.6 is 0 Å². The molecule has 3 aliphatic carbocycles. The van der Waals surface area contributed by atoms with Gasteiger partial charge in [-0.15, -0.1) is 0 Å².